The van der Waals surface area contributed by atoms with Gasteiger partial charge in [-0.05, 0) is 34.9 Å². The van der Waals surface area contributed by atoms with Gasteiger partial charge in [0.15, 0.2) is 5.78 Å². The van der Waals surface area contributed by atoms with Crippen LogP contribution >= 0.6 is 11.9 Å². The van der Waals surface area contributed by atoms with E-state index in [0.717, 1.165) is 27.0 Å². The lowest BCUT2D eigenvalue weighted by atomic mass is 10.0. The van der Waals surface area contributed by atoms with E-state index >= 15 is 0 Å². The Morgan fingerprint density at radius 1 is 0.800 bits per heavy atom. The third-order valence-corrected chi connectivity index (χ3v) is 5.15. The molecule has 0 fully saturated rings. The van der Waals surface area contributed by atoms with Crippen molar-refractivity contribution < 1.29 is 14.4 Å². The topological polar surface area (TPSA) is 54.5 Å². The van der Waals surface area contributed by atoms with Gasteiger partial charge in [-0.3, -0.25) is 14.4 Å². The Balaban J connectivity index is 1.55. The molecule has 3 aromatic rings. The minimum Gasteiger partial charge on any atom is -0.293 e. The van der Waals surface area contributed by atoms with Gasteiger partial charge in [0.2, 0.25) is 0 Å². The van der Waals surface area contributed by atoms with Crippen molar-refractivity contribution in [1.82, 2.24) is 4.31 Å². The number of carbonyl (C=O) groups is 3. The zero-order valence-corrected chi connectivity index (χ0v) is 14.0. The average molecular weight is 347 g/mol. The molecule has 5 heteroatoms. The van der Waals surface area contributed by atoms with Crippen molar-refractivity contribution in [2.75, 3.05) is 5.75 Å². The summed E-state index contributed by atoms with van der Waals surface area (Å²) in [5, 5.41) is 1.86. The van der Waals surface area contributed by atoms with E-state index in [2.05, 4.69) is 0 Å². The lowest BCUT2D eigenvalue weighted by Gasteiger charge is -2.12. The number of rotatable bonds is 4. The summed E-state index contributed by atoms with van der Waals surface area (Å²) in [4.78, 5) is 37.3. The summed E-state index contributed by atoms with van der Waals surface area (Å²) >= 11 is 0.953. The monoisotopic (exact) mass is 347 g/mol. The average Bonchev–Trinajstić information content (AvgIpc) is 2.90. The predicted molar refractivity (Wildman–Crippen MR) is 97.7 cm³/mol. The second kappa shape index (κ2) is 6.18. The molecule has 1 aliphatic rings. The first-order valence-electron chi connectivity index (χ1n) is 7.78. The highest BCUT2D eigenvalue weighted by atomic mass is 32.2. The fraction of sp³-hybridized carbons (Fsp3) is 0.0500. The Hall–Kier alpha value is -2.92. The molecule has 122 valence electrons. The molecule has 3 aromatic carbocycles. The van der Waals surface area contributed by atoms with Gasteiger partial charge >= 0.3 is 0 Å². The number of hydrogen-bond donors (Lipinski definition) is 0. The number of ketones is 1. The molecule has 0 unspecified atom stereocenters. The molecule has 0 aliphatic carbocycles. The standard InChI is InChI=1S/C20H13NO3S/c22-18(15-11-5-7-13-6-1-2-8-14(13)15)12-25-21-19(23)16-9-3-4-10-17(16)20(21)24/h1-11H,12H2. The number of fused-ring (bicyclic) bond motifs is 2. The Morgan fingerprint density at radius 2 is 1.40 bits per heavy atom. The lowest BCUT2D eigenvalue weighted by Crippen LogP contribution is -2.24. The second-order valence-corrected chi connectivity index (χ2v) is 6.59. The summed E-state index contributed by atoms with van der Waals surface area (Å²) in [6.07, 6.45) is 0. The molecule has 2 amide bonds. The summed E-state index contributed by atoms with van der Waals surface area (Å²) in [5.74, 6) is -0.814. The fourth-order valence-corrected chi connectivity index (χ4v) is 3.79. The van der Waals surface area contributed by atoms with Crippen LogP contribution in [0.4, 0.5) is 0 Å². The maximum absolute atomic E-state index is 12.6. The van der Waals surface area contributed by atoms with E-state index in [9.17, 15) is 14.4 Å². The first kappa shape index (κ1) is 15.6. The summed E-state index contributed by atoms with van der Waals surface area (Å²) in [6, 6.07) is 19.9. The highest BCUT2D eigenvalue weighted by Gasteiger charge is 2.36. The van der Waals surface area contributed by atoms with Crippen molar-refractivity contribution in [2.45, 2.75) is 0 Å². The first-order chi connectivity index (χ1) is 12.2. The van der Waals surface area contributed by atoms with Crippen LogP contribution in [-0.4, -0.2) is 27.7 Å². The van der Waals surface area contributed by atoms with Gasteiger partial charge in [-0.2, -0.15) is 0 Å². The number of hydrogen-bond acceptors (Lipinski definition) is 4. The molecular weight excluding hydrogens is 334 g/mol. The normalized spacial score (nSPS) is 13.4. The van der Waals surface area contributed by atoms with Crippen molar-refractivity contribution in [3.8, 4) is 0 Å². The van der Waals surface area contributed by atoms with Crippen LogP contribution in [0.1, 0.15) is 31.1 Å². The lowest BCUT2D eigenvalue weighted by molar-refractivity contribution is 0.0777. The van der Waals surface area contributed by atoms with Gasteiger partial charge in [0.25, 0.3) is 11.8 Å². The number of imide groups is 1. The Labute approximate surface area is 148 Å². The molecule has 0 saturated carbocycles. The fourth-order valence-electron chi connectivity index (χ4n) is 2.95. The Bertz CT molecular complexity index is 988. The molecule has 1 aliphatic heterocycles. The van der Waals surface area contributed by atoms with Crippen LogP contribution in [0.25, 0.3) is 10.8 Å². The van der Waals surface area contributed by atoms with Gasteiger partial charge < -0.3 is 0 Å². The van der Waals surface area contributed by atoms with Crippen molar-refractivity contribution in [3.05, 3.63) is 83.4 Å². The van der Waals surface area contributed by atoms with Crippen LogP contribution in [0.5, 0.6) is 0 Å². The molecule has 0 aromatic heterocycles. The van der Waals surface area contributed by atoms with Gasteiger partial charge in [-0.1, -0.05) is 54.6 Å². The third-order valence-electron chi connectivity index (χ3n) is 4.17. The SMILES string of the molecule is O=C(CSN1C(=O)c2ccccc2C1=O)c1cccc2ccccc12. The molecule has 4 rings (SSSR count). The van der Waals surface area contributed by atoms with Crippen LogP contribution in [0.15, 0.2) is 66.7 Å². The van der Waals surface area contributed by atoms with Gasteiger partial charge in [-0.25, -0.2) is 4.31 Å². The highest BCUT2D eigenvalue weighted by Crippen LogP contribution is 2.29. The van der Waals surface area contributed by atoms with Crippen LogP contribution < -0.4 is 0 Å². The summed E-state index contributed by atoms with van der Waals surface area (Å²) in [5.41, 5.74) is 1.37. The smallest absolute Gasteiger partial charge is 0.271 e. The first-order valence-corrected chi connectivity index (χ1v) is 8.73. The van der Waals surface area contributed by atoms with E-state index in [1.807, 2.05) is 36.4 Å². The number of amides is 2. The maximum atomic E-state index is 12.6. The maximum Gasteiger partial charge on any atom is 0.271 e. The van der Waals surface area contributed by atoms with Gasteiger partial charge in [0.05, 0.1) is 16.9 Å². The number of benzene rings is 3. The molecule has 0 bridgehead atoms. The molecule has 0 spiro atoms. The molecule has 0 radical (unpaired) electrons. The van der Waals surface area contributed by atoms with Crippen LogP contribution in [0.3, 0.4) is 0 Å². The summed E-state index contributed by atoms with van der Waals surface area (Å²) in [6.45, 7) is 0. The van der Waals surface area contributed by atoms with Crippen LogP contribution in [-0.2, 0) is 0 Å². The van der Waals surface area contributed by atoms with E-state index in [1.54, 1.807) is 30.3 Å². The molecule has 1 heterocycles. The van der Waals surface area contributed by atoms with Crippen LogP contribution in [0.2, 0.25) is 0 Å². The molecule has 0 N–H and O–H groups in total. The second-order valence-electron chi connectivity index (χ2n) is 5.67. The van der Waals surface area contributed by atoms with Gasteiger partial charge in [0.1, 0.15) is 0 Å². The van der Waals surface area contributed by atoms with Gasteiger partial charge in [0, 0.05) is 5.56 Å². The molecule has 4 nitrogen and oxygen atoms in total. The zero-order chi connectivity index (χ0) is 17.4. The predicted octanol–water partition coefficient (Wildman–Crippen LogP) is 3.97. The van der Waals surface area contributed by atoms with E-state index in [-0.39, 0.29) is 23.4 Å². The van der Waals surface area contributed by atoms with E-state index in [1.165, 1.54) is 0 Å². The van der Waals surface area contributed by atoms with Gasteiger partial charge in [-0.15, -0.1) is 0 Å². The van der Waals surface area contributed by atoms with Crippen molar-refractivity contribution in [2.24, 2.45) is 0 Å². The molecule has 0 atom stereocenters. The Kier molecular flexibility index (Phi) is 3.86. The molecule has 0 saturated heterocycles. The quantitative estimate of drug-likeness (QED) is 0.407. The van der Waals surface area contributed by atoms with Crippen molar-refractivity contribution in [1.29, 1.82) is 0 Å². The summed E-state index contributed by atoms with van der Waals surface area (Å²) in [7, 11) is 0. The number of Topliss-reactive ketones (excluding diaryl/α,β-unsaturated/α-hetero) is 1. The van der Waals surface area contributed by atoms with Crippen molar-refractivity contribution >= 4 is 40.3 Å². The third kappa shape index (κ3) is 2.62. The molecular formula is C20H13NO3S. The van der Waals surface area contributed by atoms with Crippen LogP contribution in [0, 0.1) is 0 Å². The van der Waals surface area contributed by atoms with E-state index in [0.29, 0.717) is 16.7 Å². The Morgan fingerprint density at radius 3 is 2.12 bits per heavy atom. The van der Waals surface area contributed by atoms with Crippen molar-refractivity contribution in [3.63, 3.8) is 0 Å². The minimum absolute atomic E-state index is 0.0273. The van der Waals surface area contributed by atoms with E-state index < -0.39 is 0 Å². The largest absolute Gasteiger partial charge is 0.293 e. The van der Waals surface area contributed by atoms with E-state index in [4.69, 9.17) is 0 Å². The highest BCUT2D eigenvalue weighted by molar-refractivity contribution is 7.98. The number of carbonyl (C=O) groups excluding carboxylic acids is 3. The number of nitrogens with zero attached hydrogens (tertiary/aromatic N) is 1. The summed E-state index contributed by atoms with van der Waals surface area (Å²) < 4.78 is 1.08. The minimum atomic E-state index is -0.365. The zero-order valence-electron chi connectivity index (χ0n) is 13.1. The molecule has 25 heavy (non-hydrogen) atoms.